The maximum atomic E-state index is 12.7. The third-order valence-corrected chi connectivity index (χ3v) is 2.74. The van der Waals surface area contributed by atoms with Crippen LogP contribution >= 0.6 is 11.6 Å². The summed E-state index contributed by atoms with van der Waals surface area (Å²) in [5, 5.41) is 0.513. The molecule has 0 atom stereocenters. The Hall–Kier alpha value is -1.88. The Balaban J connectivity index is 2.33. The fourth-order valence-electron chi connectivity index (χ4n) is 1.55. The lowest BCUT2D eigenvalue weighted by Crippen LogP contribution is -2.05. The van der Waals surface area contributed by atoms with Crippen molar-refractivity contribution in [1.82, 2.24) is 0 Å². The molecule has 2 aromatic carbocycles. The van der Waals surface area contributed by atoms with Crippen molar-refractivity contribution in [2.75, 3.05) is 7.11 Å². The number of hydrogen-bond acceptors (Lipinski definition) is 2. The van der Waals surface area contributed by atoms with Gasteiger partial charge in [-0.05, 0) is 36.4 Å². The smallest absolute Gasteiger partial charge is 0.416 e. The van der Waals surface area contributed by atoms with Crippen molar-refractivity contribution in [1.29, 1.82) is 0 Å². The lowest BCUT2D eigenvalue weighted by atomic mass is 10.2. The molecule has 6 heteroatoms. The summed E-state index contributed by atoms with van der Waals surface area (Å²) in [6, 6.07) is 9.50. The first-order valence-electron chi connectivity index (χ1n) is 5.58. The van der Waals surface area contributed by atoms with Crippen LogP contribution in [0.3, 0.4) is 0 Å². The van der Waals surface area contributed by atoms with Crippen molar-refractivity contribution < 1.29 is 22.6 Å². The highest BCUT2D eigenvalue weighted by atomic mass is 35.5. The van der Waals surface area contributed by atoms with Gasteiger partial charge in [0.1, 0.15) is 17.2 Å². The van der Waals surface area contributed by atoms with Crippen molar-refractivity contribution in [3.8, 4) is 17.2 Å². The zero-order valence-electron chi connectivity index (χ0n) is 10.4. The number of hydrogen-bond donors (Lipinski definition) is 0. The largest absolute Gasteiger partial charge is 0.497 e. The van der Waals surface area contributed by atoms with Gasteiger partial charge in [0.05, 0.1) is 12.7 Å². The number of rotatable bonds is 3. The van der Waals surface area contributed by atoms with E-state index in [1.807, 2.05) is 0 Å². The van der Waals surface area contributed by atoms with Gasteiger partial charge in [-0.15, -0.1) is 0 Å². The van der Waals surface area contributed by atoms with E-state index in [2.05, 4.69) is 0 Å². The summed E-state index contributed by atoms with van der Waals surface area (Å²) < 4.78 is 48.5. The first-order chi connectivity index (χ1) is 9.38. The van der Waals surface area contributed by atoms with Gasteiger partial charge in [-0.1, -0.05) is 11.6 Å². The molecule has 106 valence electrons. The molecule has 2 rings (SSSR count). The van der Waals surface area contributed by atoms with E-state index in [9.17, 15) is 13.2 Å². The Labute approximate surface area is 118 Å². The van der Waals surface area contributed by atoms with Crippen molar-refractivity contribution in [2.45, 2.75) is 6.18 Å². The van der Waals surface area contributed by atoms with E-state index in [4.69, 9.17) is 21.1 Å². The SMILES string of the molecule is COc1cc(Oc2ccc(Cl)cc2)cc(C(F)(F)F)c1. The summed E-state index contributed by atoms with van der Waals surface area (Å²) in [6.07, 6.45) is -4.47. The number of ether oxygens (including phenoxy) is 2. The van der Waals surface area contributed by atoms with Crippen LogP contribution in [-0.2, 0) is 6.18 Å². The molecule has 0 amide bonds. The predicted octanol–water partition coefficient (Wildman–Crippen LogP) is 5.16. The van der Waals surface area contributed by atoms with Crippen LogP contribution in [0.2, 0.25) is 5.02 Å². The fraction of sp³-hybridized carbons (Fsp3) is 0.143. The second kappa shape index (κ2) is 5.63. The molecule has 0 spiro atoms. The predicted molar refractivity (Wildman–Crippen MR) is 69.5 cm³/mol. The van der Waals surface area contributed by atoms with E-state index in [0.717, 1.165) is 12.1 Å². The van der Waals surface area contributed by atoms with Crippen LogP contribution in [0.5, 0.6) is 17.2 Å². The van der Waals surface area contributed by atoms with Gasteiger partial charge in [-0.3, -0.25) is 0 Å². The maximum Gasteiger partial charge on any atom is 0.416 e. The zero-order valence-corrected chi connectivity index (χ0v) is 11.1. The lowest BCUT2D eigenvalue weighted by Gasteiger charge is -2.12. The van der Waals surface area contributed by atoms with Crippen LogP contribution in [0.25, 0.3) is 0 Å². The molecular formula is C14H10ClF3O2. The molecule has 0 aliphatic heterocycles. The van der Waals surface area contributed by atoms with Crippen molar-refractivity contribution in [2.24, 2.45) is 0 Å². The van der Waals surface area contributed by atoms with Gasteiger partial charge in [0, 0.05) is 11.1 Å². The fourth-order valence-corrected chi connectivity index (χ4v) is 1.68. The minimum absolute atomic E-state index is 0.0407. The van der Waals surface area contributed by atoms with E-state index >= 15 is 0 Å². The van der Waals surface area contributed by atoms with E-state index in [1.165, 1.54) is 13.2 Å². The van der Waals surface area contributed by atoms with E-state index in [0.29, 0.717) is 10.8 Å². The van der Waals surface area contributed by atoms with Gasteiger partial charge in [0.15, 0.2) is 0 Å². The lowest BCUT2D eigenvalue weighted by molar-refractivity contribution is -0.137. The second-order valence-electron chi connectivity index (χ2n) is 3.95. The van der Waals surface area contributed by atoms with E-state index in [-0.39, 0.29) is 11.5 Å². The Kier molecular flexibility index (Phi) is 4.09. The molecule has 2 nitrogen and oxygen atoms in total. The number of halogens is 4. The Morgan fingerprint density at radius 1 is 0.900 bits per heavy atom. The summed E-state index contributed by atoms with van der Waals surface area (Å²) in [5.41, 5.74) is -0.833. The maximum absolute atomic E-state index is 12.7. The van der Waals surface area contributed by atoms with Gasteiger partial charge < -0.3 is 9.47 Å². The monoisotopic (exact) mass is 302 g/mol. The number of methoxy groups -OCH3 is 1. The van der Waals surface area contributed by atoms with Crippen LogP contribution in [0, 0.1) is 0 Å². The molecule has 0 aliphatic carbocycles. The van der Waals surface area contributed by atoms with Gasteiger partial charge in [0.25, 0.3) is 0 Å². The molecule has 0 aliphatic rings. The van der Waals surface area contributed by atoms with Crippen molar-refractivity contribution >= 4 is 11.6 Å². The topological polar surface area (TPSA) is 18.5 Å². The molecule has 0 bridgehead atoms. The molecular weight excluding hydrogens is 293 g/mol. The Morgan fingerprint density at radius 2 is 1.50 bits per heavy atom. The minimum Gasteiger partial charge on any atom is -0.497 e. The third kappa shape index (κ3) is 3.57. The van der Waals surface area contributed by atoms with Crippen LogP contribution in [0.1, 0.15) is 5.56 Å². The van der Waals surface area contributed by atoms with Gasteiger partial charge in [0.2, 0.25) is 0 Å². The summed E-state index contributed by atoms with van der Waals surface area (Å²) in [5.74, 6) is 0.499. The molecule has 0 radical (unpaired) electrons. The molecule has 2 aromatic rings. The average Bonchev–Trinajstić information content (AvgIpc) is 2.40. The van der Waals surface area contributed by atoms with Crippen molar-refractivity contribution in [3.05, 3.63) is 53.1 Å². The van der Waals surface area contributed by atoms with Gasteiger partial charge in [-0.2, -0.15) is 13.2 Å². The highest BCUT2D eigenvalue weighted by Crippen LogP contribution is 2.36. The third-order valence-electron chi connectivity index (χ3n) is 2.49. The van der Waals surface area contributed by atoms with Crippen LogP contribution in [-0.4, -0.2) is 7.11 Å². The van der Waals surface area contributed by atoms with Gasteiger partial charge >= 0.3 is 6.18 Å². The zero-order chi connectivity index (χ0) is 14.8. The molecule has 0 unspecified atom stereocenters. The first-order valence-corrected chi connectivity index (χ1v) is 5.96. The summed E-state index contributed by atoms with van der Waals surface area (Å²) in [4.78, 5) is 0. The molecule has 20 heavy (non-hydrogen) atoms. The standard InChI is InChI=1S/C14H10ClF3O2/c1-19-12-6-9(14(16,17)18)7-13(8-12)20-11-4-2-10(15)3-5-11/h2-8H,1H3. The van der Waals surface area contributed by atoms with Crippen LogP contribution in [0.4, 0.5) is 13.2 Å². The van der Waals surface area contributed by atoms with Crippen LogP contribution < -0.4 is 9.47 Å². The summed E-state index contributed by atoms with van der Waals surface area (Å²) in [7, 11) is 1.29. The normalized spacial score (nSPS) is 11.2. The molecule has 0 fully saturated rings. The number of benzene rings is 2. The molecule has 0 saturated heterocycles. The number of alkyl halides is 3. The second-order valence-corrected chi connectivity index (χ2v) is 4.39. The Bertz CT molecular complexity index is 594. The highest BCUT2D eigenvalue weighted by Gasteiger charge is 2.31. The molecule has 0 aromatic heterocycles. The van der Waals surface area contributed by atoms with Crippen LogP contribution in [0.15, 0.2) is 42.5 Å². The van der Waals surface area contributed by atoms with Gasteiger partial charge in [-0.25, -0.2) is 0 Å². The minimum atomic E-state index is -4.47. The Morgan fingerprint density at radius 3 is 2.05 bits per heavy atom. The first kappa shape index (κ1) is 14.5. The highest BCUT2D eigenvalue weighted by molar-refractivity contribution is 6.30. The van der Waals surface area contributed by atoms with Crippen molar-refractivity contribution in [3.63, 3.8) is 0 Å². The molecule has 0 saturated carbocycles. The molecule has 0 N–H and O–H groups in total. The summed E-state index contributed by atoms with van der Waals surface area (Å²) >= 11 is 5.72. The quantitative estimate of drug-likeness (QED) is 0.779. The van der Waals surface area contributed by atoms with E-state index in [1.54, 1.807) is 24.3 Å². The summed E-state index contributed by atoms with van der Waals surface area (Å²) in [6.45, 7) is 0. The average molecular weight is 303 g/mol. The molecule has 0 heterocycles. The van der Waals surface area contributed by atoms with E-state index < -0.39 is 11.7 Å².